The molecule has 0 saturated carbocycles. The first kappa shape index (κ1) is 16.3. The maximum absolute atomic E-state index is 12.5. The molecule has 0 aromatic heterocycles. The van der Waals surface area contributed by atoms with Crippen molar-refractivity contribution in [2.24, 2.45) is 0 Å². The van der Waals surface area contributed by atoms with Gasteiger partial charge in [-0.05, 0) is 37.1 Å². The molecule has 1 amide bonds. The van der Waals surface area contributed by atoms with E-state index < -0.39 is 18.6 Å². The first-order valence-electron chi connectivity index (χ1n) is 6.46. The number of carbonyl (C=O) groups is 1. The largest absolute Gasteiger partial charge is 0.406 e. The van der Waals surface area contributed by atoms with E-state index in [1.165, 1.54) is 18.2 Å². The van der Waals surface area contributed by atoms with Crippen molar-refractivity contribution in [2.75, 3.05) is 18.8 Å². The van der Waals surface area contributed by atoms with Crippen molar-refractivity contribution in [1.29, 1.82) is 0 Å². The Kier molecular flexibility index (Phi) is 5.42. The number of carbonyl (C=O) groups excluding carboxylic acids is 1. The molecule has 6 heteroatoms. The fourth-order valence-corrected chi connectivity index (χ4v) is 1.81. The number of unbranched alkanes of at least 4 members (excludes halogenated alkanes) is 1. The van der Waals surface area contributed by atoms with Crippen LogP contribution in [0.25, 0.3) is 0 Å². The minimum absolute atomic E-state index is 0.0955. The van der Waals surface area contributed by atoms with Crippen LogP contribution >= 0.6 is 0 Å². The second-order valence-electron chi connectivity index (χ2n) is 4.77. The van der Waals surface area contributed by atoms with Crippen LogP contribution in [0, 0.1) is 6.92 Å². The molecule has 0 atom stereocenters. The molecule has 3 nitrogen and oxygen atoms in total. The van der Waals surface area contributed by atoms with Crippen molar-refractivity contribution >= 4 is 11.6 Å². The Bertz CT molecular complexity index is 472. The SMILES string of the molecule is CCCCN(CC(F)(F)F)C(=O)c1ccc(N)c(C)c1. The number of hydrogen-bond acceptors (Lipinski definition) is 2. The van der Waals surface area contributed by atoms with Crippen LogP contribution in [-0.2, 0) is 0 Å². The van der Waals surface area contributed by atoms with Gasteiger partial charge in [-0.3, -0.25) is 4.79 Å². The van der Waals surface area contributed by atoms with Crippen molar-refractivity contribution in [3.8, 4) is 0 Å². The third-order valence-electron chi connectivity index (χ3n) is 2.96. The lowest BCUT2D eigenvalue weighted by Crippen LogP contribution is -2.39. The summed E-state index contributed by atoms with van der Waals surface area (Å²) in [7, 11) is 0. The van der Waals surface area contributed by atoms with Gasteiger partial charge in [-0.15, -0.1) is 0 Å². The van der Waals surface area contributed by atoms with Gasteiger partial charge in [0.25, 0.3) is 5.91 Å². The molecular formula is C14H19F3N2O. The summed E-state index contributed by atoms with van der Waals surface area (Å²) in [6.07, 6.45) is -3.13. The van der Waals surface area contributed by atoms with Crippen LogP contribution in [0.15, 0.2) is 18.2 Å². The van der Waals surface area contributed by atoms with Crippen molar-refractivity contribution in [1.82, 2.24) is 4.90 Å². The average Bonchev–Trinajstić information content (AvgIpc) is 2.35. The van der Waals surface area contributed by atoms with Crippen molar-refractivity contribution in [3.05, 3.63) is 29.3 Å². The number of hydrogen-bond donors (Lipinski definition) is 1. The van der Waals surface area contributed by atoms with E-state index >= 15 is 0 Å². The van der Waals surface area contributed by atoms with Crippen LogP contribution in [0.1, 0.15) is 35.7 Å². The second-order valence-corrected chi connectivity index (χ2v) is 4.77. The Labute approximate surface area is 116 Å². The molecule has 1 aromatic carbocycles. The maximum atomic E-state index is 12.5. The number of nitrogens with zero attached hydrogens (tertiary/aromatic N) is 1. The van der Waals surface area contributed by atoms with Gasteiger partial charge < -0.3 is 10.6 Å². The quantitative estimate of drug-likeness (QED) is 0.844. The monoisotopic (exact) mass is 288 g/mol. The van der Waals surface area contributed by atoms with Crippen LogP contribution < -0.4 is 5.73 Å². The van der Waals surface area contributed by atoms with Crippen molar-refractivity contribution in [2.45, 2.75) is 32.9 Å². The van der Waals surface area contributed by atoms with Gasteiger partial charge in [0.05, 0.1) is 0 Å². The number of halogens is 3. The van der Waals surface area contributed by atoms with Crippen LogP contribution in [0.5, 0.6) is 0 Å². The number of benzene rings is 1. The van der Waals surface area contributed by atoms with Gasteiger partial charge in [0.15, 0.2) is 0 Å². The molecule has 0 aliphatic rings. The van der Waals surface area contributed by atoms with E-state index in [-0.39, 0.29) is 12.1 Å². The van der Waals surface area contributed by atoms with Crippen LogP contribution in [-0.4, -0.2) is 30.1 Å². The molecule has 20 heavy (non-hydrogen) atoms. The van der Waals surface area contributed by atoms with Gasteiger partial charge in [-0.25, -0.2) is 0 Å². The Morgan fingerprint density at radius 3 is 2.50 bits per heavy atom. The van der Waals surface area contributed by atoms with Crippen LogP contribution in [0.3, 0.4) is 0 Å². The van der Waals surface area contributed by atoms with E-state index in [1.54, 1.807) is 6.92 Å². The fourth-order valence-electron chi connectivity index (χ4n) is 1.81. The molecule has 1 rings (SSSR count). The van der Waals surface area contributed by atoms with E-state index in [2.05, 4.69) is 0 Å². The molecule has 0 aliphatic heterocycles. The molecule has 0 saturated heterocycles. The molecular weight excluding hydrogens is 269 g/mol. The minimum atomic E-state index is -4.40. The summed E-state index contributed by atoms with van der Waals surface area (Å²) in [5.41, 5.74) is 7.07. The maximum Gasteiger partial charge on any atom is 0.406 e. The molecule has 0 bridgehead atoms. The second kappa shape index (κ2) is 6.63. The first-order chi connectivity index (χ1) is 9.24. The summed E-state index contributed by atoms with van der Waals surface area (Å²) in [4.78, 5) is 13.0. The van der Waals surface area contributed by atoms with Gasteiger partial charge in [0, 0.05) is 17.8 Å². The van der Waals surface area contributed by atoms with Gasteiger partial charge >= 0.3 is 6.18 Å². The average molecular weight is 288 g/mol. The van der Waals surface area contributed by atoms with E-state index in [9.17, 15) is 18.0 Å². The molecule has 2 N–H and O–H groups in total. The predicted molar refractivity (Wildman–Crippen MR) is 72.5 cm³/mol. The lowest BCUT2D eigenvalue weighted by Gasteiger charge is -2.24. The van der Waals surface area contributed by atoms with Gasteiger partial charge in [-0.2, -0.15) is 13.2 Å². The Hall–Kier alpha value is -1.72. The van der Waals surface area contributed by atoms with E-state index in [1.807, 2.05) is 6.92 Å². The van der Waals surface area contributed by atoms with Crippen LogP contribution in [0.2, 0.25) is 0 Å². The van der Waals surface area contributed by atoms with E-state index in [0.29, 0.717) is 17.7 Å². The van der Waals surface area contributed by atoms with Gasteiger partial charge in [0.1, 0.15) is 6.54 Å². The van der Waals surface area contributed by atoms with Crippen LogP contribution in [0.4, 0.5) is 18.9 Å². The zero-order valence-corrected chi connectivity index (χ0v) is 11.6. The van der Waals surface area contributed by atoms with Gasteiger partial charge in [-0.1, -0.05) is 13.3 Å². The molecule has 0 heterocycles. The van der Waals surface area contributed by atoms with Crippen molar-refractivity contribution in [3.63, 3.8) is 0 Å². The summed E-state index contributed by atoms with van der Waals surface area (Å²) in [5.74, 6) is -0.612. The summed E-state index contributed by atoms with van der Waals surface area (Å²) in [6, 6.07) is 4.52. The van der Waals surface area contributed by atoms with Gasteiger partial charge in [0.2, 0.25) is 0 Å². The number of anilines is 1. The Morgan fingerprint density at radius 1 is 1.35 bits per heavy atom. The normalized spacial score (nSPS) is 11.4. The Balaban J connectivity index is 2.93. The van der Waals surface area contributed by atoms with E-state index in [4.69, 9.17) is 5.73 Å². The summed E-state index contributed by atoms with van der Waals surface area (Å²) >= 11 is 0. The smallest absolute Gasteiger partial charge is 0.399 e. The summed E-state index contributed by atoms with van der Waals surface area (Å²) < 4.78 is 37.6. The van der Waals surface area contributed by atoms with Crippen molar-refractivity contribution < 1.29 is 18.0 Å². The first-order valence-corrected chi connectivity index (χ1v) is 6.46. The van der Waals surface area contributed by atoms with E-state index in [0.717, 1.165) is 11.3 Å². The fraction of sp³-hybridized carbons (Fsp3) is 0.500. The summed E-state index contributed by atoms with van der Waals surface area (Å²) in [6.45, 7) is 2.45. The third kappa shape index (κ3) is 4.75. The minimum Gasteiger partial charge on any atom is -0.399 e. The molecule has 0 fully saturated rings. The summed E-state index contributed by atoms with van der Waals surface area (Å²) in [5, 5.41) is 0. The lowest BCUT2D eigenvalue weighted by molar-refractivity contribution is -0.140. The predicted octanol–water partition coefficient (Wildman–Crippen LogP) is 3.38. The highest BCUT2D eigenvalue weighted by Crippen LogP contribution is 2.20. The number of alkyl halides is 3. The highest BCUT2D eigenvalue weighted by atomic mass is 19.4. The third-order valence-corrected chi connectivity index (χ3v) is 2.96. The molecule has 0 aliphatic carbocycles. The number of nitrogens with two attached hydrogens (primary N) is 1. The Morgan fingerprint density at radius 2 is 2.00 bits per heavy atom. The zero-order chi connectivity index (χ0) is 15.3. The number of nitrogen functional groups attached to an aromatic ring is 1. The topological polar surface area (TPSA) is 46.3 Å². The molecule has 0 spiro atoms. The zero-order valence-electron chi connectivity index (χ0n) is 11.6. The molecule has 112 valence electrons. The number of aryl methyl sites for hydroxylation is 1. The standard InChI is InChI=1S/C14H19F3N2O/c1-3-4-7-19(9-14(15,16)17)13(20)11-5-6-12(18)10(2)8-11/h5-6,8H,3-4,7,9,18H2,1-2H3. The number of rotatable bonds is 5. The highest BCUT2D eigenvalue weighted by Gasteiger charge is 2.33. The highest BCUT2D eigenvalue weighted by molar-refractivity contribution is 5.94. The molecule has 0 unspecified atom stereocenters. The molecule has 1 aromatic rings. The molecule has 0 radical (unpaired) electrons. The lowest BCUT2D eigenvalue weighted by atomic mass is 10.1. The number of amides is 1.